The molecule has 0 rings (SSSR count). The summed E-state index contributed by atoms with van der Waals surface area (Å²) in [6.45, 7) is 7.33. The van der Waals surface area contributed by atoms with Crippen molar-refractivity contribution in [3.05, 3.63) is 0 Å². The molecule has 0 unspecified atom stereocenters. The van der Waals surface area contributed by atoms with E-state index < -0.39 is 0 Å². The van der Waals surface area contributed by atoms with E-state index >= 15 is 0 Å². The molecule has 0 heterocycles. The van der Waals surface area contributed by atoms with Crippen LogP contribution in [0.15, 0.2) is 0 Å². The SMILES string of the molecule is CCC(CC)N(CCOC)C(=O)[C@H](N)CC. The molecular weight excluding hydrogens is 204 g/mol. The predicted molar refractivity (Wildman–Crippen MR) is 66.2 cm³/mol. The molecule has 96 valence electrons. The quantitative estimate of drug-likeness (QED) is 0.685. The van der Waals surface area contributed by atoms with Crippen molar-refractivity contribution in [3.63, 3.8) is 0 Å². The Hall–Kier alpha value is -0.610. The van der Waals surface area contributed by atoms with Gasteiger partial charge in [-0.2, -0.15) is 0 Å². The minimum atomic E-state index is -0.377. The summed E-state index contributed by atoms with van der Waals surface area (Å²) >= 11 is 0. The summed E-state index contributed by atoms with van der Waals surface area (Å²) in [5.74, 6) is 0.0493. The highest BCUT2D eigenvalue weighted by Gasteiger charge is 2.24. The van der Waals surface area contributed by atoms with Gasteiger partial charge >= 0.3 is 0 Å². The summed E-state index contributed by atoms with van der Waals surface area (Å²) in [4.78, 5) is 14.0. The summed E-state index contributed by atoms with van der Waals surface area (Å²) in [7, 11) is 1.65. The molecule has 0 fully saturated rings. The number of ether oxygens (including phenoxy) is 1. The van der Waals surface area contributed by atoms with Gasteiger partial charge in [0, 0.05) is 19.7 Å². The van der Waals surface area contributed by atoms with Crippen LogP contribution in [0.25, 0.3) is 0 Å². The zero-order chi connectivity index (χ0) is 12.6. The molecule has 0 saturated heterocycles. The number of carbonyl (C=O) groups is 1. The molecule has 16 heavy (non-hydrogen) atoms. The molecule has 2 N–H and O–H groups in total. The Morgan fingerprint density at radius 1 is 1.25 bits per heavy atom. The first-order valence-electron chi connectivity index (χ1n) is 6.17. The first-order chi connectivity index (χ1) is 7.62. The van der Waals surface area contributed by atoms with Crippen molar-refractivity contribution in [2.75, 3.05) is 20.3 Å². The number of rotatable bonds is 8. The summed E-state index contributed by atoms with van der Waals surface area (Å²) < 4.78 is 5.04. The van der Waals surface area contributed by atoms with Crippen LogP contribution in [-0.4, -0.2) is 43.2 Å². The fraction of sp³-hybridized carbons (Fsp3) is 0.917. The molecule has 0 radical (unpaired) electrons. The van der Waals surface area contributed by atoms with E-state index in [1.807, 2.05) is 11.8 Å². The highest BCUT2D eigenvalue weighted by Crippen LogP contribution is 2.10. The van der Waals surface area contributed by atoms with Crippen LogP contribution in [0.4, 0.5) is 0 Å². The predicted octanol–water partition coefficient (Wildman–Crippen LogP) is 1.39. The number of hydrogen-bond acceptors (Lipinski definition) is 3. The zero-order valence-electron chi connectivity index (χ0n) is 11.0. The minimum absolute atomic E-state index is 0.0493. The second-order valence-corrected chi connectivity index (χ2v) is 4.01. The molecule has 0 aromatic rings. The van der Waals surface area contributed by atoms with E-state index in [9.17, 15) is 4.79 Å². The zero-order valence-corrected chi connectivity index (χ0v) is 11.0. The molecule has 0 bridgehead atoms. The number of methoxy groups -OCH3 is 1. The van der Waals surface area contributed by atoms with E-state index in [-0.39, 0.29) is 18.0 Å². The van der Waals surface area contributed by atoms with Gasteiger partial charge in [-0.3, -0.25) is 4.79 Å². The van der Waals surface area contributed by atoms with Crippen molar-refractivity contribution in [1.29, 1.82) is 0 Å². The van der Waals surface area contributed by atoms with Crippen LogP contribution in [0.3, 0.4) is 0 Å². The monoisotopic (exact) mass is 230 g/mol. The van der Waals surface area contributed by atoms with Crippen LogP contribution in [0.1, 0.15) is 40.0 Å². The third-order valence-corrected chi connectivity index (χ3v) is 2.96. The van der Waals surface area contributed by atoms with Gasteiger partial charge in [0.25, 0.3) is 0 Å². The molecule has 1 atom stereocenters. The van der Waals surface area contributed by atoms with Crippen molar-refractivity contribution in [2.24, 2.45) is 5.73 Å². The maximum atomic E-state index is 12.1. The fourth-order valence-electron chi connectivity index (χ4n) is 1.78. The molecule has 4 nitrogen and oxygen atoms in total. The van der Waals surface area contributed by atoms with Gasteiger partial charge < -0.3 is 15.4 Å². The number of nitrogens with zero attached hydrogens (tertiary/aromatic N) is 1. The molecular formula is C12H26N2O2. The number of hydrogen-bond donors (Lipinski definition) is 1. The molecule has 0 aliphatic carbocycles. The van der Waals surface area contributed by atoms with Gasteiger partial charge in [-0.1, -0.05) is 20.8 Å². The molecule has 0 aliphatic rings. The van der Waals surface area contributed by atoms with E-state index in [1.165, 1.54) is 0 Å². The normalized spacial score (nSPS) is 12.9. The van der Waals surface area contributed by atoms with Gasteiger partial charge in [0.05, 0.1) is 12.6 Å². The number of nitrogens with two attached hydrogens (primary N) is 1. The van der Waals surface area contributed by atoms with E-state index in [1.54, 1.807) is 7.11 Å². The molecule has 0 aliphatic heterocycles. The first-order valence-corrected chi connectivity index (χ1v) is 6.17. The third kappa shape index (κ3) is 4.49. The van der Waals surface area contributed by atoms with Gasteiger partial charge in [-0.05, 0) is 19.3 Å². The van der Waals surface area contributed by atoms with Crippen molar-refractivity contribution >= 4 is 5.91 Å². The summed E-state index contributed by atoms with van der Waals surface area (Å²) in [5, 5.41) is 0. The highest BCUT2D eigenvalue weighted by atomic mass is 16.5. The average molecular weight is 230 g/mol. The Bertz CT molecular complexity index is 193. The lowest BCUT2D eigenvalue weighted by molar-refractivity contribution is -0.136. The topological polar surface area (TPSA) is 55.6 Å². The van der Waals surface area contributed by atoms with Crippen molar-refractivity contribution in [3.8, 4) is 0 Å². The Kier molecular flexibility index (Phi) is 8.21. The Morgan fingerprint density at radius 2 is 1.81 bits per heavy atom. The second kappa shape index (κ2) is 8.53. The van der Waals surface area contributed by atoms with Gasteiger partial charge in [0.15, 0.2) is 0 Å². The molecule has 0 saturated carbocycles. The Labute approximate surface area is 99.1 Å². The summed E-state index contributed by atoms with van der Waals surface area (Å²) in [6.07, 6.45) is 2.60. The molecule has 4 heteroatoms. The lowest BCUT2D eigenvalue weighted by Crippen LogP contribution is -2.49. The maximum Gasteiger partial charge on any atom is 0.239 e. The lowest BCUT2D eigenvalue weighted by Gasteiger charge is -2.32. The van der Waals surface area contributed by atoms with E-state index in [0.29, 0.717) is 19.6 Å². The first kappa shape index (κ1) is 15.4. The molecule has 0 spiro atoms. The van der Waals surface area contributed by atoms with Crippen LogP contribution in [0.2, 0.25) is 0 Å². The largest absolute Gasteiger partial charge is 0.383 e. The Balaban J connectivity index is 4.56. The number of carbonyl (C=O) groups excluding carboxylic acids is 1. The van der Waals surface area contributed by atoms with Crippen LogP contribution in [0, 0.1) is 0 Å². The van der Waals surface area contributed by atoms with E-state index in [4.69, 9.17) is 10.5 Å². The standard InChI is InChI=1S/C12H26N2O2/c1-5-10(6-2)14(8-9-16-4)12(15)11(13)7-3/h10-11H,5-9,13H2,1-4H3/t11-/m1/s1. The van der Waals surface area contributed by atoms with Crippen molar-refractivity contribution in [2.45, 2.75) is 52.1 Å². The van der Waals surface area contributed by atoms with Crippen LogP contribution in [-0.2, 0) is 9.53 Å². The molecule has 0 aromatic heterocycles. The summed E-state index contributed by atoms with van der Waals surface area (Å²) in [5.41, 5.74) is 5.80. The van der Waals surface area contributed by atoms with E-state index in [0.717, 1.165) is 12.8 Å². The minimum Gasteiger partial charge on any atom is -0.383 e. The van der Waals surface area contributed by atoms with Crippen LogP contribution >= 0.6 is 0 Å². The third-order valence-electron chi connectivity index (χ3n) is 2.96. The van der Waals surface area contributed by atoms with Gasteiger partial charge in [-0.15, -0.1) is 0 Å². The van der Waals surface area contributed by atoms with Crippen LogP contribution < -0.4 is 5.73 Å². The maximum absolute atomic E-state index is 12.1. The molecule has 1 amide bonds. The van der Waals surface area contributed by atoms with Crippen molar-refractivity contribution < 1.29 is 9.53 Å². The van der Waals surface area contributed by atoms with E-state index in [2.05, 4.69) is 13.8 Å². The van der Waals surface area contributed by atoms with Gasteiger partial charge in [-0.25, -0.2) is 0 Å². The second-order valence-electron chi connectivity index (χ2n) is 4.01. The fourth-order valence-corrected chi connectivity index (χ4v) is 1.78. The van der Waals surface area contributed by atoms with Gasteiger partial charge in [0.2, 0.25) is 5.91 Å². The lowest BCUT2D eigenvalue weighted by atomic mass is 10.1. The van der Waals surface area contributed by atoms with Crippen LogP contribution in [0.5, 0.6) is 0 Å². The summed E-state index contributed by atoms with van der Waals surface area (Å²) in [6, 6.07) is -0.0993. The smallest absolute Gasteiger partial charge is 0.239 e. The van der Waals surface area contributed by atoms with Gasteiger partial charge in [0.1, 0.15) is 0 Å². The highest BCUT2D eigenvalue weighted by molar-refractivity contribution is 5.81. The van der Waals surface area contributed by atoms with Crippen molar-refractivity contribution in [1.82, 2.24) is 4.90 Å². The number of amides is 1. The Morgan fingerprint density at radius 3 is 2.19 bits per heavy atom. The molecule has 0 aromatic carbocycles. The average Bonchev–Trinajstić information content (AvgIpc) is 2.32.